The van der Waals surface area contributed by atoms with E-state index in [1.807, 2.05) is 6.92 Å². The van der Waals surface area contributed by atoms with Crippen molar-refractivity contribution in [2.75, 3.05) is 18.9 Å². The van der Waals surface area contributed by atoms with Crippen molar-refractivity contribution < 1.29 is 9.15 Å². The lowest BCUT2D eigenvalue weighted by Gasteiger charge is -2.02. The summed E-state index contributed by atoms with van der Waals surface area (Å²) in [5.41, 5.74) is 7.54. The molecule has 5 heteroatoms. The molecule has 16 heavy (non-hydrogen) atoms. The van der Waals surface area contributed by atoms with Crippen molar-refractivity contribution in [3.05, 3.63) is 28.7 Å². The number of hydrogen-bond acceptors (Lipinski definition) is 4. The first-order chi connectivity index (χ1) is 7.72. The molecule has 0 bridgehead atoms. The predicted octanol–water partition coefficient (Wildman–Crippen LogP) is 1.21. The van der Waals surface area contributed by atoms with E-state index in [4.69, 9.17) is 14.9 Å². The van der Waals surface area contributed by atoms with Crippen LogP contribution in [-0.4, -0.2) is 17.8 Å². The van der Waals surface area contributed by atoms with Crippen LogP contribution in [0.4, 0.5) is 5.69 Å². The van der Waals surface area contributed by atoms with Gasteiger partial charge in [-0.1, -0.05) is 0 Å². The third-order valence-corrected chi connectivity index (χ3v) is 2.35. The number of benzene rings is 1. The fourth-order valence-electron chi connectivity index (χ4n) is 1.59. The minimum absolute atomic E-state index is 0.375. The monoisotopic (exact) mass is 222 g/mol. The molecule has 0 aliphatic carbocycles. The van der Waals surface area contributed by atoms with Gasteiger partial charge in [0, 0.05) is 12.3 Å². The first-order valence-electron chi connectivity index (χ1n) is 5.19. The summed E-state index contributed by atoms with van der Waals surface area (Å²) in [5.74, 6) is -0.375. The average Bonchev–Trinajstić information content (AvgIpc) is 2.56. The van der Waals surface area contributed by atoms with Crippen molar-refractivity contribution in [2.45, 2.75) is 13.5 Å². The van der Waals surface area contributed by atoms with Gasteiger partial charge in [-0.15, -0.1) is 0 Å². The second-order valence-electron chi connectivity index (χ2n) is 3.44. The lowest BCUT2D eigenvalue weighted by molar-refractivity contribution is 0.138. The molecule has 0 saturated carbocycles. The summed E-state index contributed by atoms with van der Waals surface area (Å²) in [6.45, 7) is 3.50. The fourth-order valence-corrected chi connectivity index (χ4v) is 1.59. The number of nitrogens with two attached hydrogens (primary N) is 1. The first-order valence-corrected chi connectivity index (χ1v) is 5.19. The number of rotatable bonds is 4. The van der Waals surface area contributed by atoms with Crippen molar-refractivity contribution in [1.82, 2.24) is 4.57 Å². The number of anilines is 1. The molecule has 0 aliphatic heterocycles. The number of nitrogen functional groups attached to an aromatic ring is 1. The van der Waals surface area contributed by atoms with Gasteiger partial charge < -0.3 is 14.9 Å². The van der Waals surface area contributed by atoms with Crippen molar-refractivity contribution in [3.8, 4) is 0 Å². The van der Waals surface area contributed by atoms with E-state index in [0.717, 1.165) is 0 Å². The van der Waals surface area contributed by atoms with Crippen molar-refractivity contribution in [2.24, 2.45) is 0 Å². The van der Waals surface area contributed by atoms with E-state index in [-0.39, 0.29) is 5.76 Å². The molecule has 1 heterocycles. The zero-order valence-corrected chi connectivity index (χ0v) is 9.10. The SMILES string of the molecule is CCOCCn1c(=O)oc2ccc(N)cc21. The molecule has 5 nitrogen and oxygen atoms in total. The number of oxazole rings is 1. The Morgan fingerprint density at radius 3 is 3.06 bits per heavy atom. The van der Waals surface area contributed by atoms with Gasteiger partial charge in [0.05, 0.1) is 18.7 Å². The first kappa shape index (κ1) is 10.8. The van der Waals surface area contributed by atoms with Crippen molar-refractivity contribution in [1.29, 1.82) is 0 Å². The Hall–Kier alpha value is -1.75. The highest BCUT2D eigenvalue weighted by molar-refractivity contribution is 5.76. The van der Waals surface area contributed by atoms with Gasteiger partial charge in [0.1, 0.15) is 0 Å². The molecule has 0 radical (unpaired) electrons. The second-order valence-corrected chi connectivity index (χ2v) is 3.44. The molecule has 0 aliphatic rings. The lowest BCUT2D eigenvalue weighted by atomic mass is 10.3. The smallest absolute Gasteiger partial charge is 0.408 e. The van der Waals surface area contributed by atoms with Crippen LogP contribution in [0.3, 0.4) is 0 Å². The van der Waals surface area contributed by atoms with Crippen LogP contribution in [0.25, 0.3) is 11.1 Å². The van der Waals surface area contributed by atoms with Gasteiger partial charge in [0.2, 0.25) is 0 Å². The van der Waals surface area contributed by atoms with Gasteiger partial charge in [-0.2, -0.15) is 0 Å². The van der Waals surface area contributed by atoms with E-state index < -0.39 is 0 Å². The summed E-state index contributed by atoms with van der Waals surface area (Å²) >= 11 is 0. The molecule has 86 valence electrons. The van der Waals surface area contributed by atoms with Crippen LogP contribution in [0.2, 0.25) is 0 Å². The van der Waals surface area contributed by atoms with Crippen LogP contribution >= 0.6 is 0 Å². The van der Waals surface area contributed by atoms with E-state index >= 15 is 0 Å². The zero-order valence-electron chi connectivity index (χ0n) is 9.10. The van der Waals surface area contributed by atoms with Crippen LogP contribution in [-0.2, 0) is 11.3 Å². The van der Waals surface area contributed by atoms with Gasteiger partial charge in [0.15, 0.2) is 5.58 Å². The standard InChI is InChI=1S/C11H14N2O3/c1-2-15-6-5-13-9-7-8(12)3-4-10(9)16-11(13)14/h3-4,7H,2,5-6,12H2,1H3. The summed E-state index contributed by atoms with van der Waals surface area (Å²) in [5, 5.41) is 0. The summed E-state index contributed by atoms with van der Waals surface area (Å²) in [6, 6.07) is 5.13. The molecule has 2 aromatic rings. The Morgan fingerprint density at radius 2 is 2.31 bits per heavy atom. The van der Waals surface area contributed by atoms with Crippen LogP contribution in [0.1, 0.15) is 6.92 Å². The van der Waals surface area contributed by atoms with Crippen LogP contribution < -0.4 is 11.5 Å². The van der Waals surface area contributed by atoms with E-state index in [1.54, 1.807) is 18.2 Å². The van der Waals surface area contributed by atoms with Crippen LogP contribution in [0.5, 0.6) is 0 Å². The van der Waals surface area contributed by atoms with E-state index in [0.29, 0.717) is 36.5 Å². The van der Waals surface area contributed by atoms with Crippen LogP contribution in [0, 0.1) is 0 Å². The molecular weight excluding hydrogens is 208 g/mol. The fraction of sp³-hybridized carbons (Fsp3) is 0.364. The quantitative estimate of drug-likeness (QED) is 0.623. The highest BCUT2D eigenvalue weighted by atomic mass is 16.5. The van der Waals surface area contributed by atoms with Gasteiger partial charge in [0.25, 0.3) is 0 Å². The van der Waals surface area contributed by atoms with Gasteiger partial charge >= 0.3 is 5.76 Å². The molecular formula is C11H14N2O3. The topological polar surface area (TPSA) is 70.4 Å². The highest BCUT2D eigenvalue weighted by Crippen LogP contribution is 2.15. The number of fused-ring (bicyclic) bond motifs is 1. The summed E-state index contributed by atoms with van der Waals surface area (Å²) in [7, 11) is 0. The largest absolute Gasteiger partial charge is 0.420 e. The van der Waals surface area contributed by atoms with Crippen molar-refractivity contribution in [3.63, 3.8) is 0 Å². The summed E-state index contributed by atoms with van der Waals surface area (Å²) in [6.07, 6.45) is 0. The number of aromatic nitrogens is 1. The normalized spacial score (nSPS) is 11.1. The Morgan fingerprint density at radius 1 is 1.50 bits per heavy atom. The van der Waals surface area contributed by atoms with E-state index in [9.17, 15) is 4.79 Å². The Bertz CT molecular complexity index is 542. The van der Waals surface area contributed by atoms with Crippen molar-refractivity contribution >= 4 is 16.8 Å². The minimum Gasteiger partial charge on any atom is -0.408 e. The maximum absolute atomic E-state index is 11.5. The van der Waals surface area contributed by atoms with Crippen LogP contribution in [0.15, 0.2) is 27.4 Å². The summed E-state index contributed by atoms with van der Waals surface area (Å²) < 4.78 is 11.8. The molecule has 0 spiro atoms. The van der Waals surface area contributed by atoms with Gasteiger partial charge in [-0.05, 0) is 25.1 Å². The number of hydrogen-bond donors (Lipinski definition) is 1. The predicted molar refractivity (Wildman–Crippen MR) is 61.4 cm³/mol. The Kier molecular flexibility index (Phi) is 2.96. The third-order valence-electron chi connectivity index (χ3n) is 2.35. The third kappa shape index (κ3) is 1.94. The molecule has 0 amide bonds. The maximum Gasteiger partial charge on any atom is 0.420 e. The van der Waals surface area contributed by atoms with Gasteiger partial charge in [-0.25, -0.2) is 4.79 Å². The maximum atomic E-state index is 11.5. The summed E-state index contributed by atoms with van der Waals surface area (Å²) in [4.78, 5) is 11.5. The number of nitrogens with zero attached hydrogens (tertiary/aromatic N) is 1. The van der Waals surface area contributed by atoms with Gasteiger partial charge in [-0.3, -0.25) is 4.57 Å². The molecule has 1 aromatic carbocycles. The minimum atomic E-state index is -0.375. The molecule has 0 atom stereocenters. The number of ether oxygens (including phenoxy) is 1. The molecule has 0 saturated heterocycles. The molecule has 2 rings (SSSR count). The zero-order chi connectivity index (χ0) is 11.5. The van der Waals surface area contributed by atoms with E-state index in [2.05, 4.69) is 0 Å². The highest BCUT2D eigenvalue weighted by Gasteiger charge is 2.08. The molecule has 0 unspecified atom stereocenters. The Balaban J connectivity index is 2.38. The Labute approximate surface area is 92.4 Å². The van der Waals surface area contributed by atoms with E-state index in [1.165, 1.54) is 4.57 Å². The average molecular weight is 222 g/mol. The second kappa shape index (κ2) is 4.40. The molecule has 1 aromatic heterocycles. The molecule has 0 fully saturated rings. The lowest BCUT2D eigenvalue weighted by Crippen LogP contribution is -2.17. The molecule has 2 N–H and O–H groups in total.